The highest BCUT2D eigenvalue weighted by Crippen LogP contribution is 2.49. The van der Waals surface area contributed by atoms with E-state index < -0.39 is 0 Å². The zero-order valence-corrected chi connectivity index (χ0v) is 9.92. The van der Waals surface area contributed by atoms with Crippen molar-refractivity contribution < 1.29 is 0 Å². The smallest absolute Gasteiger partial charge is 0.00385 e. The number of hydrogen-bond acceptors (Lipinski definition) is 2. The molecule has 0 amide bonds. The van der Waals surface area contributed by atoms with Crippen molar-refractivity contribution in [2.45, 2.75) is 25.7 Å². The highest BCUT2D eigenvalue weighted by molar-refractivity contribution is 4.98. The molecule has 2 aliphatic rings. The lowest BCUT2D eigenvalue weighted by molar-refractivity contribution is 0.166. The quantitative estimate of drug-likeness (QED) is 0.663. The molecule has 0 bridgehead atoms. The van der Waals surface area contributed by atoms with Crippen LogP contribution in [-0.2, 0) is 0 Å². The maximum Gasteiger partial charge on any atom is 0.00385 e. The van der Waals surface area contributed by atoms with Gasteiger partial charge in [0.2, 0.25) is 0 Å². The molecule has 0 aromatic rings. The van der Waals surface area contributed by atoms with Gasteiger partial charge in [0.15, 0.2) is 0 Å². The fourth-order valence-corrected chi connectivity index (χ4v) is 3.58. The molecule has 0 radical (unpaired) electrons. The highest BCUT2D eigenvalue weighted by atomic mass is 15.1. The average Bonchev–Trinajstić information content (AvgIpc) is 2.62. The first-order valence-corrected chi connectivity index (χ1v) is 5.96. The average molecular weight is 196 g/mol. The summed E-state index contributed by atoms with van der Waals surface area (Å²) in [5.41, 5.74) is 0.693. The summed E-state index contributed by atoms with van der Waals surface area (Å²) in [5.74, 6) is 0.961. The number of hydrogen-bond donors (Lipinski definition) is 0. The Hall–Kier alpha value is -0.0800. The Morgan fingerprint density at radius 1 is 1.36 bits per heavy atom. The summed E-state index contributed by atoms with van der Waals surface area (Å²) >= 11 is 0. The number of rotatable bonds is 2. The van der Waals surface area contributed by atoms with Crippen molar-refractivity contribution in [2.75, 3.05) is 40.8 Å². The molecular formula is C12H24N2. The van der Waals surface area contributed by atoms with E-state index in [1.54, 1.807) is 0 Å². The SMILES string of the molecule is CN(C)CC1CCCC12CCN(C)C2. The van der Waals surface area contributed by atoms with Gasteiger partial charge in [-0.2, -0.15) is 0 Å². The summed E-state index contributed by atoms with van der Waals surface area (Å²) in [4.78, 5) is 4.89. The summed E-state index contributed by atoms with van der Waals surface area (Å²) in [6.07, 6.45) is 5.86. The molecule has 0 N–H and O–H groups in total. The Morgan fingerprint density at radius 2 is 2.14 bits per heavy atom. The van der Waals surface area contributed by atoms with Crippen LogP contribution in [0.15, 0.2) is 0 Å². The van der Waals surface area contributed by atoms with Crippen LogP contribution >= 0.6 is 0 Å². The van der Waals surface area contributed by atoms with Crippen LogP contribution in [0, 0.1) is 11.3 Å². The minimum absolute atomic E-state index is 0.693. The molecule has 2 atom stereocenters. The minimum atomic E-state index is 0.693. The lowest BCUT2D eigenvalue weighted by Gasteiger charge is -2.33. The molecule has 2 unspecified atom stereocenters. The van der Waals surface area contributed by atoms with Crippen molar-refractivity contribution in [3.8, 4) is 0 Å². The molecule has 1 saturated carbocycles. The van der Waals surface area contributed by atoms with Gasteiger partial charge in [-0.05, 0) is 58.3 Å². The molecule has 0 aromatic carbocycles. The zero-order valence-electron chi connectivity index (χ0n) is 9.92. The Kier molecular flexibility index (Phi) is 2.85. The van der Waals surface area contributed by atoms with Gasteiger partial charge < -0.3 is 9.80 Å². The predicted octanol–water partition coefficient (Wildman–Crippen LogP) is 1.67. The lowest BCUT2D eigenvalue weighted by atomic mass is 9.77. The van der Waals surface area contributed by atoms with Crippen molar-refractivity contribution in [3.63, 3.8) is 0 Å². The number of nitrogens with zero attached hydrogens (tertiary/aromatic N) is 2. The van der Waals surface area contributed by atoms with E-state index in [2.05, 4.69) is 30.9 Å². The van der Waals surface area contributed by atoms with Gasteiger partial charge in [-0.25, -0.2) is 0 Å². The van der Waals surface area contributed by atoms with E-state index in [9.17, 15) is 0 Å². The maximum atomic E-state index is 2.52. The predicted molar refractivity (Wildman–Crippen MR) is 60.4 cm³/mol. The van der Waals surface area contributed by atoms with Crippen molar-refractivity contribution in [1.29, 1.82) is 0 Å². The molecule has 0 aromatic heterocycles. The van der Waals surface area contributed by atoms with Crippen LogP contribution < -0.4 is 0 Å². The molecule has 2 fully saturated rings. The fourth-order valence-electron chi connectivity index (χ4n) is 3.58. The van der Waals surface area contributed by atoms with Gasteiger partial charge >= 0.3 is 0 Å². The molecule has 2 rings (SSSR count). The van der Waals surface area contributed by atoms with E-state index in [1.807, 2.05) is 0 Å². The van der Waals surface area contributed by atoms with Gasteiger partial charge in [-0.15, -0.1) is 0 Å². The summed E-state index contributed by atoms with van der Waals surface area (Å²) in [5, 5.41) is 0. The Bertz CT molecular complexity index is 202. The van der Waals surface area contributed by atoms with Gasteiger partial charge in [0.05, 0.1) is 0 Å². The highest BCUT2D eigenvalue weighted by Gasteiger charge is 2.46. The van der Waals surface area contributed by atoms with E-state index in [-0.39, 0.29) is 0 Å². The van der Waals surface area contributed by atoms with Gasteiger partial charge in [-0.1, -0.05) is 6.42 Å². The molecule has 1 spiro atoms. The van der Waals surface area contributed by atoms with Gasteiger partial charge in [0.1, 0.15) is 0 Å². The topological polar surface area (TPSA) is 6.48 Å². The standard InChI is InChI=1S/C12H24N2/c1-13(2)9-11-5-4-6-12(11)7-8-14(3)10-12/h11H,4-10H2,1-3H3. The fraction of sp³-hybridized carbons (Fsp3) is 1.00. The third-order valence-electron chi connectivity index (χ3n) is 4.26. The molecule has 1 saturated heterocycles. The lowest BCUT2D eigenvalue weighted by Crippen LogP contribution is -2.35. The molecule has 2 nitrogen and oxygen atoms in total. The van der Waals surface area contributed by atoms with Crippen LogP contribution in [0.1, 0.15) is 25.7 Å². The Balaban J connectivity index is 2.02. The third-order valence-corrected chi connectivity index (χ3v) is 4.26. The summed E-state index contributed by atoms with van der Waals surface area (Å²) in [6, 6.07) is 0. The zero-order chi connectivity index (χ0) is 10.2. The molecule has 14 heavy (non-hydrogen) atoms. The van der Waals surface area contributed by atoms with Crippen molar-refractivity contribution in [2.24, 2.45) is 11.3 Å². The molecule has 2 heteroatoms. The molecule has 1 heterocycles. The van der Waals surface area contributed by atoms with E-state index >= 15 is 0 Å². The normalized spacial score (nSPS) is 39.0. The monoisotopic (exact) mass is 196 g/mol. The van der Waals surface area contributed by atoms with Gasteiger partial charge in [0, 0.05) is 13.1 Å². The second-order valence-corrected chi connectivity index (χ2v) is 5.70. The van der Waals surface area contributed by atoms with E-state index in [4.69, 9.17) is 0 Å². The molecule has 82 valence electrons. The van der Waals surface area contributed by atoms with Crippen molar-refractivity contribution >= 4 is 0 Å². The van der Waals surface area contributed by atoms with E-state index in [0.717, 1.165) is 5.92 Å². The van der Waals surface area contributed by atoms with Crippen molar-refractivity contribution in [1.82, 2.24) is 9.80 Å². The molecular weight excluding hydrogens is 172 g/mol. The largest absolute Gasteiger partial charge is 0.309 e. The van der Waals surface area contributed by atoms with E-state index in [1.165, 1.54) is 45.3 Å². The Labute approximate surface area is 88.3 Å². The minimum Gasteiger partial charge on any atom is -0.309 e. The second-order valence-electron chi connectivity index (χ2n) is 5.70. The molecule has 1 aliphatic heterocycles. The first-order chi connectivity index (χ1) is 6.62. The van der Waals surface area contributed by atoms with E-state index in [0.29, 0.717) is 5.41 Å². The first kappa shape index (κ1) is 10.4. The number of likely N-dealkylation sites (tertiary alicyclic amines) is 1. The second kappa shape index (κ2) is 3.82. The van der Waals surface area contributed by atoms with Crippen LogP contribution in [0.5, 0.6) is 0 Å². The summed E-state index contributed by atoms with van der Waals surface area (Å²) in [6.45, 7) is 3.98. The van der Waals surface area contributed by atoms with Crippen molar-refractivity contribution in [3.05, 3.63) is 0 Å². The summed E-state index contributed by atoms with van der Waals surface area (Å²) in [7, 11) is 6.70. The summed E-state index contributed by atoms with van der Waals surface area (Å²) < 4.78 is 0. The molecule has 1 aliphatic carbocycles. The van der Waals surface area contributed by atoms with Crippen LogP contribution in [0.4, 0.5) is 0 Å². The maximum absolute atomic E-state index is 2.52. The Morgan fingerprint density at radius 3 is 2.71 bits per heavy atom. The van der Waals surface area contributed by atoms with Crippen LogP contribution in [0.25, 0.3) is 0 Å². The van der Waals surface area contributed by atoms with Crippen LogP contribution in [0.3, 0.4) is 0 Å². The van der Waals surface area contributed by atoms with Crippen LogP contribution in [0.2, 0.25) is 0 Å². The van der Waals surface area contributed by atoms with Crippen LogP contribution in [-0.4, -0.2) is 50.6 Å². The first-order valence-electron chi connectivity index (χ1n) is 5.96. The third kappa shape index (κ3) is 1.82. The van der Waals surface area contributed by atoms with Gasteiger partial charge in [-0.3, -0.25) is 0 Å². The van der Waals surface area contributed by atoms with Gasteiger partial charge in [0.25, 0.3) is 0 Å².